The van der Waals surface area contributed by atoms with Gasteiger partial charge in [0.2, 0.25) is 0 Å². The van der Waals surface area contributed by atoms with Crippen LogP contribution in [-0.2, 0) is 6.42 Å². The van der Waals surface area contributed by atoms with Gasteiger partial charge < -0.3 is 15.1 Å². The fourth-order valence-electron chi connectivity index (χ4n) is 3.51. The first-order valence-electron chi connectivity index (χ1n) is 9.58. The highest BCUT2D eigenvalue weighted by Crippen LogP contribution is 2.24. The number of furan rings is 1. The Hall–Kier alpha value is -2.27. The molecule has 0 radical (unpaired) electrons. The molecule has 0 saturated carbocycles. The molecule has 1 saturated heterocycles. The Kier molecular flexibility index (Phi) is 6.34. The number of nitrogens with zero attached hydrogens (tertiary/aromatic N) is 1. The number of carbonyl (C=O) groups excluding carboxylic acids is 1. The van der Waals surface area contributed by atoms with Crippen molar-refractivity contribution >= 4 is 6.03 Å². The third kappa shape index (κ3) is 4.67. The van der Waals surface area contributed by atoms with E-state index in [4.69, 9.17) is 4.42 Å². The number of aryl methyl sites for hydroxylation is 1. The smallest absolute Gasteiger partial charge is 0.315 e. The first kappa shape index (κ1) is 18.5. The van der Waals surface area contributed by atoms with Crippen LogP contribution >= 0.6 is 0 Å². The highest BCUT2D eigenvalue weighted by atomic mass is 16.3. The summed E-state index contributed by atoms with van der Waals surface area (Å²) in [6.07, 6.45) is 5.12. The third-order valence-electron chi connectivity index (χ3n) is 5.14. The zero-order valence-electron chi connectivity index (χ0n) is 15.7. The van der Waals surface area contributed by atoms with Crippen molar-refractivity contribution in [1.29, 1.82) is 0 Å². The van der Waals surface area contributed by atoms with Crippen LogP contribution in [0.5, 0.6) is 0 Å². The predicted molar refractivity (Wildman–Crippen MR) is 103 cm³/mol. The molecule has 1 aliphatic heterocycles. The number of rotatable bonds is 7. The standard InChI is InChI=1S/C21H29N3O2/c1-3-17-8-10-18(11-9-17)16(2)23-21(25)22-15-19(20-7-6-14-26-20)24-12-4-5-13-24/h6-11,14,16,19H,3-5,12-13,15H2,1-2H3,(H2,22,23,25). The molecule has 140 valence electrons. The van der Waals surface area contributed by atoms with Gasteiger partial charge in [-0.3, -0.25) is 4.90 Å². The van der Waals surface area contributed by atoms with Gasteiger partial charge in [0.25, 0.3) is 0 Å². The van der Waals surface area contributed by atoms with Gasteiger partial charge in [-0.1, -0.05) is 31.2 Å². The van der Waals surface area contributed by atoms with Crippen LogP contribution in [0.1, 0.15) is 55.7 Å². The Morgan fingerprint density at radius 2 is 1.92 bits per heavy atom. The van der Waals surface area contributed by atoms with E-state index in [1.807, 2.05) is 19.1 Å². The molecule has 2 aromatic rings. The van der Waals surface area contributed by atoms with Crippen LogP contribution < -0.4 is 10.6 Å². The summed E-state index contributed by atoms with van der Waals surface area (Å²) < 4.78 is 5.60. The molecule has 1 aromatic carbocycles. The van der Waals surface area contributed by atoms with E-state index in [0.717, 1.165) is 30.8 Å². The van der Waals surface area contributed by atoms with Crippen molar-refractivity contribution in [3.63, 3.8) is 0 Å². The molecule has 0 bridgehead atoms. The molecule has 3 rings (SSSR count). The Bertz CT molecular complexity index is 676. The molecule has 1 fully saturated rings. The molecule has 5 nitrogen and oxygen atoms in total. The van der Waals surface area contributed by atoms with Gasteiger partial charge in [-0.05, 0) is 62.5 Å². The van der Waals surface area contributed by atoms with Crippen LogP contribution in [-0.4, -0.2) is 30.6 Å². The van der Waals surface area contributed by atoms with Gasteiger partial charge in [-0.2, -0.15) is 0 Å². The molecule has 1 aliphatic rings. The molecule has 2 unspecified atom stereocenters. The lowest BCUT2D eigenvalue weighted by atomic mass is 10.1. The molecule has 5 heteroatoms. The maximum Gasteiger partial charge on any atom is 0.315 e. The van der Waals surface area contributed by atoms with E-state index in [1.54, 1.807) is 6.26 Å². The van der Waals surface area contributed by atoms with Crippen LogP contribution in [0.25, 0.3) is 0 Å². The SMILES string of the molecule is CCc1ccc(C(C)NC(=O)NCC(c2ccco2)N2CCCC2)cc1. The van der Waals surface area contributed by atoms with E-state index < -0.39 is 0 Å². The van der Waals surface area contributed by atoms with E-state index in [9.17, 15) is 4.79 Å². The molecule has 26 heavy (non-hydrogen) atoms. The molecule has 1 aromatic heterocycles. The van der Waals surface area contributed by atoms with Crippen molar-refractivity contribution in [1.82, 2.24) is 15.5 Å². The third-order valence-corrected chi connectivity index (χ3v) is 5.14. The van der Waals surface area contributed by atoms with Crippen molar-refractivity contribution in [2.45, 2.75) is 45.2 Å². The molecule has 2 atom stereocenters. The van der Waals surface area contributed by atoms with Gasteiger partial charge in [0, 0.05) is 6.54 Å². The summed E-state index contributed by atoms with van der Waals surface area (Å²) in [6.45, 7) is 6.79. The van der Waals surface area contributed by atoms with Gasteiger partial charge in [0.05, 0.1) is 18.3 Å². The van der Waals surface area contributed by atoms with Crippen LogP contribution in [0, 0.1) is 0 Å². The number of amides is 2. The fourth-order valence-corrected chi connectivity index (χ4v) is 3.51. The minimum atomic E-state index is -0.146. The second-order valence-corrected chi connectivity index (χ2v) is 6.95. The van der Waals surface area contributed by atoms with Gasteiger partial charge in [0.1, 0.15) is 5.76 Å². The molecule has 2 N–H and O–H groups in total. The van der Waals surface area contributed by atoms with E-state index in [-0.39, 0.29) is 18.1 Å². The van der Waals surface area contributed by atoms with E-state index in [2.05, 4.69) is 46.7 Å². The highest BCUT2D eigenvalue weighted by Gasteiger charge is 2.26. The lowest BCUT2D eigenvalue weighted by Gasteiger charge is -2.26. The first-order chi connectivity index (χ1) is 12.7. The van der Waals surface area contributed by atoms with Gasteiger partial charge >= 0.3 is 6.03 Å². The second kappa shape index (κ2) is 8.90. The Morgan fingerprint density at radius 3 is 2.54 bits per heavy atom. The minimum absolute atomic E-state index is 0.0326. The highest BCUT2D eigenvalue weighted by molar-refractivity contribution is 5.74. The number of nitrogens with one attached hydrogen (secondary N) is 2. The summed E-state index contributed by atoms with van der Waals surface area (Å²) in [7, 11) is 0. The van der Waals surface area contributed by atoms with E-state index >= 15 is 0 Å². The van der Waals surface area contributed by atoms with Crippen LogP contribution in [0.3, 0.4) is 0 Å². The number of likely N-dealkylation sites (tertiary alicyclic amines) is 1. The topological polar surface area (TPSA) is 57.5 Å². The number of carbonyl (C=O) groups is 1. The second-order valence-electron chi connectivity index (χ2n) is 6.95. The van der Waals surface area contributed by atoms with Crippen molar-refractivity contribution in [2.24, 2.45) is 0 Å². The molecule has 2 heterocycles. The molecular formula is C21H29N3O2. The van der Waals surface area contributed by atoms with Crippen LogP contribution in [0.4, 0.5) is 4.79 Å². The summed E-state index contributed by atoms with van der Waals surface area (Å²) in [5.74, 6) is 0.912. The fraction of sp³-hybridized carbons (Fsp3) is 0.476. The van der Waals surface area contributed by atoms with Crippen molar-refractivity contribution in [2.75, 3.05) is 19.6 Å². The maximum absolute atomic E-state index is 12.4. The zero-order valence-corrected chi connectivity index (χ0v) is 15.7. The quantitative estimate of drug-likeness (QED) is 0.788. The van der Waals surface area contributed by atoms with Crippen molar-refractivity contribution in [3.05, 3.63) is 59.5 Å². The van der Waals surface area contributed by atoms with Gasteiger partial charge in [0.15, 0.2) is 0 Å². The largest absolute Gasteiger partial charge is 0.468 e. The first-order valence-corrected chi connectivity index (χ1v) is 9.58. The Balaban J connectivity index is 1.54. The van der Waals surface area contributed by atoms with Crippen molar-refractivity contribution in [3.8, 4) is 0 Å². The number of benzene rings is 1. The average molecular weight is 355 g/mol. The number of hydrogen-bond donors (Lipinski definition) is 2. The molecule has 0 spiro atoms. The summed E-state index contributed by atoms with van der Waals surface area (Å²) >= 11 is 0. The summed E-state index contributed by atoms with van der Waals surface area (Å²) in [5, 5.41) is 6.05. The van der Waals surface area contributed by atoms with Crippen molar-refractivity contribution < 1.29 is 9.21 Å². The summed E-state index contributed by atoms with van der Waals surface area (Å²) in [5.41, 5.74) is 2.41. The lowest BCUT2D eigenvalue weighted by molar-refractivity contribution is 0.202. The minimum Gasteiger partial charge on any atom is -0.468 e. The van der Waals surface area contributed by atoms with Crippen LogP contribution in [0.2, 0.25) is 0 Å². The number of urea groups is 1. The van der Waals surface area contributed by atoms with Gasteiger partial charge in [-0.15, -0.1) is 0 Å². The zero-order chi connectivity index (χ0) is 18.4. The molecular weight excluding hydrogens is 326 g/mol. The lowest BCUT2D eigenvalue weighted by Crippen LogP contribution is -2.42. The number of hydrogen-bond acceptors (Lipinski definition) is 3. The Labute approximate surface area is 155 Å². The normalized spacial score (nSPS) is 17.0. The van der Waals surface area contributed by atoms with E-state index in [0.29, 0.717) is 6.54 Å². The molecule has 2 amide bonds. The Morgan fingerprint density at radius 1 is 1.19 bits per heavy atom. The van der Waals surface area contributed by atoms with Crippen LogP contribution in [0.15, 0.2) is 47.1 Å². The van der Waals surface area contributed by atoms with E-state index in [1.165, 1.54) is 18.4 Å². The average Bonchev–Trinajstić information content (AvgIpc) is 3.36. The monoisotopic (exact) mass is 355 g/mol. The van der Waals surface area contributed by atoms with Gasteiger partial charge in [-0.25, -0.2) is 4.79 Å². The summed E-state index contributed by atoms with van der Waals surface area (Å²) in [6, 6.07) is 12.2. The summed E-state index contributed by atoms with van der Waals surface area (Å²) in [4.78, 5) is 14.7. The maximum atomic E-state index is 12.4. The molecule has 0 aliphatic carbocycles. The predicted octanol–water partition coefficient (Wildman–Crippen LogP) is 4.04.